The summed E-state index contributed by atoms with van der Waals surface area (Å²) < 4.78 is 20.8. The number of rotatable bonds is 12. The van der Waals surface area contributed by atoms with Crippen LogP contribution in [0.3, 0.4) is 0 Å². The Morgan fingerprint density at radius 3 is 0.642 bits per heavy atom. The Bertz CT molecular complexity index is 1710. The molecule has 0 aliphatic carbocycles. The van der Waals surface area contributed by atoms with E-state index in [9.17, 15) is 80.5 Å². The lowest BCUT2D eigenvalue weighted by Gasteiger charge is -2.31. The zero-order valence-electron chi connectivity index (χ0n) is 26.6. The summed E-state index contributed by atoms with van der Waals surface area (Å²) in [6, 6.07) is 5.21. The van der Waals surface area contributed by atoms with Gasteiger partial charge >= 0.3 is 23.9 Å². The fraction of sp³-hybridized carbons (Fsp3) is 0.152. The summed E-state index contributed by atoms with van der Waals surface area (Å²) in [7, 11) is 0. The number of carbonyl (C=O) groups is 4. The maximum Gasteiger partial charge on any atom is 0.345 e. The van der Waals surface area contributed by atoms with Crippen molar-refractivity contribution in [2.75, 3.05) is 26.4 Å². The van der Waals surface area contributed by atoms with Crippen LogP contribution in [0.25, 0.3) is 0 Å². The summed E-state index contributed by atoms with van der Waals surface area (Å²) in [5.74, 6) is -16.7. The van der Waals surface area contributed by atoms with Crippen molar-refractivity contribution in [3.8, 4) is 69.0 Å². The highest BCUT2D eigenvalue weighted by Gasteiger charge is 2.40. The lowest BCUT2D eigenvalue weighted by Crippen LogP contribution is -2.44. The second kappa shape index (κ2) is 15.1. The van der Waals surface area contributed by atoms with Crippen molar-refractivity contribution in [1.29, 1.82) is 0 Å². The molecule has 0 heterocycles. The van der Waals surface area contributed by atoms with Crippen molar-refractivity contribution in [2.24, 2.45) is 5.41 Å². The predicted octanol–water partition coefficient (Wildman–Crippen LogP) is 1.87. The van der Waals surface area contributed by atoms with E-state index in [1.54, 1.807) is 0 Å². The molecular formula is C33H28O20. The Hall–Kier alpha value is -7.64. The minimum atomic E-state index is -2.34. The van der Waals surface area contributed by atoms with Crippen LogP contribution >= 0.6 is 0 Å². The molecule has 53 heavy (non-hydrogen) atoms. The smallest absolute Gasteiger partial charge is 0.345 e. The lowest BCUT2D eigenvalue weighted by molar-refractivity contribution is -0.0643. The zero-order valence-corrected chi connectivity index (χ0v) is 26.6. The van der Waals surface area contributed by atoms with E-state index in [1.807, 2.05) is 0 Å². The Morgan fingerprint density at radius 1 is 0.340 bits per heavy atom. The summed E-state index contributed by atoms with van der Waals surface area (Å²) in [6.45, 7) is -4.69. The molecular weight excluding hydrogens is 716 g/mol. The fourth-order valence-electron chi connectivity index (χ4n) is 4.64. The van der Waals surface area contributed by atoms with Crippen LogP contribution < -0.4 is 0 Å². The van der Waals surface area contributed by atoms with Crippen molar-refractivity contribution in [3.63, 3.8) is 0 Å². The van der Waals surface area contributed by atoms with Gasteiger partial charge in [0.1, 0.15) is 123 Å². The normalized spacial score (nSPS) is 11.0. The van der Waals surface area contributed by atoms with E-state index < -0.39 is 147 Å². The molecule has 12 N–H and O–H groups in total. The van der Waals surface area contributed by atoms with Crippen molar-refractivity contribution in [2.45, 2.75) is 0 Å². The SMILES string of the molecule is O=C(OCC(COC(=O)c1c(O)cc(O)cc1O)(COC(=O)c1c(O)cc(O)cc1O)COC(=O)c1c(O)cc(O)cc1O)c1c(O)cc(O)cc1O. The molecule has 0 fully saturated rings. The van der Waals surface area contributed by atoms with E-state index in [4.69, 9.17) is 18.9 Å². The van der Waals surface area contributed by atoms with E-state index in [1.165, 1.54) is 0 Å². The highest BCUT2D eigenvalue weighted by atomic mass is 16.6. The number of hydrogen-bond donors (Lipinski definition) is 12. The zero-order chi connectivity index (χ0) is 39.4. The molecule has 0 saturated carbocycles. The van der Waals surface area contributed by atoms with Gasteiger partial charge < -0.3 is 80.2 Å². The number of carbonyl (C=O) groups excluding carboxylic acids is 4. The first-order valence-electron chi connectivity index (χ1n) is 14.5. The van der Waals surface area contributed by atoms with Gasteiger partial charge in [0.2, 0.25) is 0 Å². The largest absolute Gasteiger partial charge is 0.508 e. The van der Waals surface area contributed by atoms with Crippen molar-refractivity contribution in [3.05, 3.63) is 70.8 Å². The second-order valence-electron chi connectivity index (χ2n) is 11.2. The molecule has 0 unspecified atom stereocenters. The van der Waals surface area contributed by atoms with Crippen LogP contribution in [0.15, 0.2) is 48.5 Å². The molecule has 4 aromatic carbocycles. The topological polar surface area (TPSA) is 348 Å². The third-order valence-electron chi connectivity index (χ3n) is 7.18. The minimum Gasteiger partial charge on any atom is -0.508 e. The third kappa shape index (κ3) is 8.57. The number of ether oxygens (including phenoxy) is 4. The number of benzene rings is 4. The summed E-state index contributed by atoms with van der Waals surface area (Å²) in [6.07, 6.45) is 0. The summed E-state index contributed by atoms with van der Waals surface area (Å²) in [5.41, 5.74) is -6.01. The van der Waals surface area contributed by atoms with E-state index >= 15 is 0 Å². The molecule has 4 rings (SSSR count). The Kier molecular flexibility index (Phi) is 10.9. The van der Waals surface area contributed by atoms with Gasteiger partial charge in [0.15, 0.2) is 0 Å². The van der Waals surface area contributed by atoms with Crippen LogP contribution in [-0.2, 0) is 18.9 Å². The molecule has 20 heteroatoms. The first-order chi connectivity index (χ1) is 24.8. The quantitative estimate of drug-likeness (QED) is 0.0727. The van der Waals surface area contributed by atoms with Gasteiger partial charge in [-0.25, -0.2) is 19.2 Å². The Balaban J connectivity index is 1.76. The van der Waals surface area contributed by atoms with Gasteiger partial charge in [-0.15, -0.1) is 0 Å². The molecule has 0 aliphatic rings. The summed E-state index contributed by atoms with van der Waals surface area (Å²) in [5, 5.41) is 120. The molecule has 0 amide bonds. The average molecular weight is 745 g/mol. The van der Waals surface area contributed by atoms with E-state index in [0.29, 0.717) is 48.5 Å². The molecule has 0 aliphatic heterocycles. The minimum absolute atomic E-state index is 0.652. The highest BCUT2D eigenvalue weighted by Crippen LogP contribution is 2.37. The summed E-state index contributed by atoms with van der Waals surface area (Å²) >= 11 is 0. The van der Waals surface area contributed by atoms with Crippen molar-refractivity contribution < 1.29 is 99.4 Å². The molecule has 0 bridgehead atoms. The molecule has 0 aromatic heterocycles. The van der Waals surface area contributed by atoms with Crippen LogP contribution in [0.1, 0.15) is 41.4 Å². The fourth-order valence-corrected chi connectivity index (χ4v) is 4.64. The first-order valence-corrected chi connectivity index (χ1v) is 14.5. The van der Waals surface area contributed by atoms with Crippen LogP contribution in [-0.4, -0.2) is 112 Å². The average Bonchev–Trinajstić information content (AvgIpc) is 3.02. The Morgan fingerprint density at radius 2 is 0.491 bits per heavy atom. The lowest BCUT2D eigenvalue weighted by atomic mass is 9.91. The third-order valence-corrected chi connectivity index (χ3v) is 7.18. The maximum absolute atomic E-state index is 13.1. The molecule has 280 valence electrons. The van der Waals surface area contributed by atoms with Crippen molar-refractivity contribution in [1.82, 2.24) is 0 Å². The van der Waals surface area contributed by atoms with E-state index in [-0.39, 0.29) is 0 Å². The molecule has 20 nitrogen and oxygen atoms in total. The van der Waals surface area contributed by atoms with Crippen LogP contribution in [0.4, 0.5) is 0 Å². The number of esters is 4. The van der Waals surface area contributed by atoms with Crippen LogP contribution in [0.2, 0.25) is 0 Å². The van der Waals surface area contributed by atoms with Gasteiger partial charge in [-0.05, 0) is 0 Å². The standard InChI is InChI=1S/C33H28O20/c34-13-1-17(38)25(18(39)2-13)29(46)50-9-33(10-51-30(47)26-19(40)3-14(35)4-20(26)41,11-52-31(48)27-21(42)5-15(36)6-22(27)43)12-53-32(49)28-23(44)7-16(37)8-24(28)45/h1-8,34-45H,9-12H2. The number of phenolic OH excluding ortho intramolecular Hbond substituents is 12. The van der Waals surface area contributed by atoms with Crippen LogP contribution in [0.5, 0.6) is 69.0 Å². The van der Waals surface area contributed by atoms with Crippen LogP contribution in [0, 0.1) is 5.41 Å². The number of aromatic hydroxyl groups is 12. The monoisotopic (exact) mass is 744 g/mol. The number of hydrogen-bond acceptors (Lipinski definition) is 20. The van der Waals surface area contributed by atoms with Gasteiger partial charge in [0.25, 0.3) is 0 Å². The second-order valence-corrected chi connectivity index (χ2v) is 11.2. The van der Waals surface area contributed by atoms with Gasteiger partial charge in [0.05, 0.1) is 0 Å². The maximum atomic E-state index is 13.1. The van der Waals surface area contributed by atoms with Crippen molar-refractivity contribution >= 4 is 23.9 Å². The van der Waals surface area contributed by atoms with Gasteiger partial charge in [0, 0.05) is 48.5 Å². The predicted molar refractivity (Wildman–Crippen MR) is 169 cm³/mol. The Labute approximate surface area is 295 Å². The summed E-state index contributed by atoms with van der Waals surface area (Å²) in [4.78, 5) is 52.3. The molecule has 0 saturated heterocycles. The van der Waals surface area contributed by atoms with E-state index in [0.717, 1.165) is 0 Å². The van der Waals surface area contributed by atoms with Gasteiger partial charge in [-0.1, -0.05) is 0 Å². The first kappa shape index (κ1) is 38.2. The van der Waals surface area contributed by atoms with Gasteiger partial charge in [-0.3, -0.25) is 0 Å². The number of phenols is 12. The van der Waals surface area contributed by atoms with E-state index in [2.05, 4.69) is 0 Å². The molecule has 0 spiro atoms. The molecule has 4 aromatic rings. The highest BCUT2D eigenvalue weighted by molar-refractivity contribution is 5.98. The molecule has 0 radical (unpaired) electrons. The van der Waals surface area contributed by atoms with Gasteiger partial charge in [-0.2, -0.15) is 0 Å². The molecule has 0 atom stereocenters.